The second kappa shape index (κ2) is 7.52. The minimum atomic E-state index is 0.869. The van der Waals surface area contributed by atoms with Gasteiger partial charge in [0.1, 0.15) is 0 Å². The number of rotatable bonds is 2. The zero-order valence-electron chi connectivity index (χ0n) is 11.0. The first-order chi connectivity index (χ1) is 8.34. The normalized spacial score (nSPS) is 12.5. The zero-order chi connectivity index (χ0) is 12.5. The van der Waals surface area contributed by atoms with Crippen LogP contribution < -0.4 is 0 Å². The molecule has 17 heavy (non-hydrogen) atoms. The van der Waals surface area contributed by atoms with Crippen LogP contribution in [0.4, 0.5) is 0 Å². The molecule has 0 radical (unpaired) electrons. The summed E-state index contributed by atoms with van der Waals surface area (Å²) < 4.78 is 0. The van der Waals surface area contributed by atoms with Crippen molar-refractivity contribution in [2.45, 2.75) is 33.6 Å². The van der Waals surface area contributed by atoms with E-state index in [-0.39, 0.29) is 0 Å². The lowest BCUT2D eigenvalue weighted by Gasteiger charge is -2.02. The number of aryl methyl sites for hydroxylation is 1. The number of benzene rings is 1. The number of allylic oxidation sites excluding steroid dienone is 4. The Kier molecular flexibility index (Phi) is 5.89. The first kappa shape index (κ1) is 13.3. The molecular formula is C17H20. The summed E-state index contributed by atoms with van der Waals surface area (Å²) in [6.45, 7) is 6.11. The molecule has 0 saturated carbocycles. The molecule has 0 heterocycles. The van der Waals surface area contributed by atoms with Gasteiger partial charge >= 0.3 is 0 Å². The third-order valence-corrected chi connectivity index (χ3v) is 2.48. The van der Waals surface area contributed by atoms with Gasteiger partial charge in [0.25, 0.3) is 0 Å². The van der Waals surface area contributed by atoms with E-state index in [1.54, 1.807) is 0 Å². The average Bonchev–Trinajstić information content (AvgIpc) is 2.63. The van der Waals surface area contributed by atoms with E-state index < -0.39 is 0 Å². The van der Waals surface area contributed by atoms with Gasteiger partial charge in [-0.15, -0.1) is 0 Å². The second-order valence-corrected chi connectivity index (χ2v) is 3.80. The van der Waals surface area contributed by atoms with Gasteiger partial charge in [-0.05, 0) is 30.6 Å². The first-order valence-corrected chi connectivity index (χ1v) is 6.24. The third-order valence-electron chi connectivity index (χ3n) is 2.48. The number of hydrogen-bond donors (Lipinski definition) is 0. The maximum Gasteiger partial charge on any atom is 0.0279 e. The van der Waals surface area contributed by atoms with Crippen LogP contribution in [0, 0.1) is 18.8 Å². The fourth-order valence-corrected chi connectivity index (χ4v) is 1.59. The molecule has 0 unspecified atom stereocenters. The molecule has 1 aromatic rings. The Bertz CT molecular complexity index is 447. The van der Waals surface area contributed by atoms with Gasteiger partial charge in [0.05, 0.1) is 0 Å². The Morgan fingerprint density at radius 2 is 1.82 bits per heavy atom. The summed E-state index contributed by atoms with van der Waals surface area (Å²) in [6.07, 6.45) is 8.12. The fraction of sp³-hybridized carbons (Fsp3) is 0.294. The monoisotopic (exact) mass is 224 g/mol. The minimum absolute atomic E-state index is 0.869. The van der Waals surface area contributed by atoms with Crippen molar-refractivity contribution in [1.29, 1.82) is 0 Å². The SMILES string of the molecule is CC.Cc1ccc(CC2=CCC#CC=C2)cc1. The molecule has 0 heteroatoms. The zero-order valence-corrected chi connectivity index (χ0v) is 11.0. The topological polar surface area (TPSA) is 0 Å². The summed E-state index contributed by atoms with van der Waals surface area (Å²) in [6, 6.07) is 8.70. The second-order valence-electron chi connectivity index (χ2n) is 3.80. The molecule has 0 bridgehead atoms. The van der Waals surface area contributed by atoms with Crippen LogP contribution >= 0.6 is 0 Å². The lowest BCUT2D eigenvalue weighted by atomic mass is 10.0. The van der Waals surface area contributed by atoms with Gasteiger partial charge in [0, 0.05) is 6.42 Å². The highest BCUT2D eigenvalue weighted by Crippen LogP contribution is 2.12. The van der Waals surface area contributed by atoms with Gasteiger partial charge in [-0.1, -0.05) is 67.7 Å². The molecule has 1 aliphatic rings. The molecule has 0 amide bonds. The Balaban J connectivity index is 0.000000686. The van der Waals surface area contributed by atoms with E-state index in [0.717, 1.165) is 12.8 Å². The molecule has 0 atom stereocenters. The van der Waals surface area contributed by atoms with Gasteiger partial charge < -0.3 is 0 Å². The van der Waals surface area contributed by atoms with Gasteiger partial charge in [0.2, 0.25) is 0 Å². The Hall–Kier alpha value is -1.74. The molecule has 0 aromatic heterocycles. The maximum absolute atomic E-state index is 3.06. The van der Waals surface area contributed by atoms with E-state index in [2.05, 4.69) is 55.2 Å². The summed E-state index contributed by atoms with van der Waals surface area (Å²) in [7, 11) is 0. The molecule has 0 N–H and O–H groups in total. The van der Waals surface area contributed by atoms with E-state index >= 15 is 0 Å². The smallest absolute Gasteiger partial charge is 0.0279 e. The molecule has 0 aliphatic heterocycles. The lowest BCUT2D eigenvalue weighted by molar-refractivity contribution is 1.17. The quantitative estimate of drug-likeness (QED) is 0.651. The summed E-state index contributed by atoms with van der Waals surface area (Å²) in [5, 5.41) is 0. The Labute approximate surface area is 105 Å². The van der Waals surface area contributed by atoms with Crippen LogP contribution in [0.2, 0.25) is 0 Å². The highest BCUT2D eigenvalue weighted by molar-refractivity contribution is 5.35. The van der Waals surface area contributed by atoms with E-state index in [4.69, 9.17) is 0 Å². The lowest BCUT2D eigenvalue weighted by Crippen LogP contribution is -1.88. The Morgan fingerprint density at radius 1 is 1.12 bits per heavy atom. The number of hydrogen-bond acceptors (Lipinski definition) is 0. The average molecular weight is 224 g/mol. The molecule has 0 nitrogen and oxygen atoms in total. The summed E-state index contributed by atoms with van der Waals surface area (Å²) in [4.78, 5) is 0. The van der Waals surface area contributed by atoms with Gasteiger partial charge in [-0.3, -0.25) is 0 Å². The van der Waals surface area contributed by atoms with Crippen LogP contribution in [0.15, 0.2) is 48.1 Å². The first-order valence-electron chi connectivity index (χ1n) is 6.24. The molecule has 0 saturated heterocycles. The van der Waals surface area contributed by atoms with Crippen LogP contribution in [0.3, 0.4) is 0 Å². The van der Waals surface area contributed by atoms with Crippen molar-refractivity contribution in [2.24, 2.45) is 0 Å². The maximum atomic E-state index is 3.06. The van der Waals surface area contributed by atoms with Crippen LogP contribution in [0.5, 0.6) is 0 Å². The molecule has 0 fully saturated rings. The third kappa shape index (κ3) is 4.74. The molecule has 1 aromatic carbocycles. The van der Waals surface area contributed by atoms with Crippen molar-refractivity contribution in [2.75, 3.05) is 0 Å². The minimum Gasteiger partial charge on any atom is -0.0943 e. The van der Waals surface area contributed by atoms with Crippen molar-refractivity contribution in [1.82, 2.24) is 0 Å². The van der Waals surface area contributed by atoms with Crippen molar-refractivity contribution >= 4 is 0 Å². The van der Waals surface area contributed by atoms with Crippen molar-refractivity contribution in [3.63, 3.8) is 0 Å². The van der Waals surface area contributed by atoms with Crippen LogP contribution in [-0.2, 0) is 6.42 Å². The predicted octanol–water partition coefficient (Wildman–Crippen LogP) is 4.45. The van der Waals surface area contributed by atoms with Gasteiger partial charge in [-0.25, -0.2) is 0 Å². The highest BCUT2D eigenvalue weighted by atomic mass is 14.0. The fourth-order valence-electron chi connectivity index (χ4n) is 1.59. The summed E-state index contributed by atoms with van der Waals surface area (Å²) in [5.41, 5.74) is 4.02. The van der Waals surface area contributed by atoms with E-state index in [9.17, 15) is 0 Å². The van der Waals surface area contributed by atoms with E-state index in [1.807, 2.05) is 19.9 Å². The van der Waals surface area contributed by atoms with Gasteiger partial charge in [-0.2, -0.15) is 0 Å². The van der Waals surface area contributed by atoms with Crippen molar-refractivity contribution in [3.8, 4) is 11.8 Å². The van der Waals surface area contributed by atoms with E-state index in [1.165, 1.54) is 16.7 Å². The van der Waals surface area contributed by atoms with Crippen LogP contribution in [-0.4, -0.2) is 0 Å². The molecular weight excluding hydrogens is 204 g/mol. The van der Waals surface area contributed by atoms with Gasteiger partial charge in [0.15, 0.2) is 0 Å². The largest absolute Gasteiger partial charge is 0.0943 e. The highest BCUT2D eigenvalue weighted by Gasteiger charge is 1.97. The summed E-state index contributed by atoms with van der Waals surface area (Å²) >= 11 is 0. The predicted molar refractivity (Wildman–Crippen MR) is 75.8 cm³/mol. The van der Waals surface area contributed by atoms with Crippen LogP contribution in [0.25, 0.3) is 0 Å². The summed E-state index contributed by atoms with van der Waals surface area (Å²) in [5.74, 6) is 6.05. The standard InChI is InChI=1S/C15H14.C2H6/c1-13-8-10-15(11-9-13)12-14-6-4-2-3-5-7-14;1-2/h4,6-11H,5,12H2,1H3;1-2H3. The molecule has 88 valence electrons. The van der Waals surface area contributed by atoms with E-state index in [0.29, 0.717) is 0 Å². The van der Waals surface area contributed by atoms with Crippen molar-refractivity contribution < 1.29 is 0 Å². The Morgan fingerprint density at radius 3 is 2.53 bits per heavy atom. The van der Waals surface area contributed by atoms with Crippen LogP contribution in [0.1, 0.15) is 31.4 Å². The van der Waals surface area contributed by atoms with Crippen molar-refractivity contribution in [3.05, 3.63) is 59.2 Å². The molecule has 0 spiro atoms. The molecule has 1 aliphatic carbocycles. The molecule has 2 rings (SSSR count).